The quantitative estimate of drug-likeness (QED) is 0.179. The van der Waals surface area contributed by atoms with Gasteiger partial charge >= 0.3 is 0 Å². The van der Waals surface area contributed by atoms with E-state index < -0.39 is 0 Å². The third-order valence-electron chi connectivity index (χ3n) is 4.96. The molecule has 0 aliphatic rings. The summed E-state index contributed by atoms with van der Waals surface area (Å²) in [7, 11) is 1.66. The Bertz CT molecular complexity index is 1350. The molecule has 4 nitrogen and oxygen atoms in total. The Kier molecular flexibility index (Phi) is 7.57. The van der Waals surface area contributed by atoms with Crippen LogP contribution in [0.4, 0.5) is 11.4 Å². The van der Waals surface area contributed by atoms with Crippen molar-refractivity contribution >= 4 is 60.8 Å². The minimum atomic E-state index is 0.244. The zero-order chi connectivity index (χ0) is 23.2. The highest BCUT2D eigenvalue weighted by molar-refractivity contribution is 14.1. The molecule has 1 heterocycles. The number of nitrogens with one attached hydrogen (secondary N) is 2. The molecule has 0 aliphatic carbocycles. The molecule has 0 amide bonds. The van der Waals surface area contributed by atoms with E-state index in [9.17, 15) is 5.11 Å². The number of para-hydroxylation sites is 1. The zero-order valence-electron chi connectivity index (χ0n) is 17.8. The molecule has 4 aromatic carbocycles. The molecule has 166 valence electrons. The Morgan fingerprint density at radius 2 is 1.70 bits per heavy atom. The number of anilines is 2. The highest BCUT2D eigenvalue weighted by Gasteiger charge is 2.07. The van der Waals surface area contributed by atoms with E-state index in [0.29, 0.717) is 0 Å². The summed E-state index contributed by atoms with van der Waals surface area (Å²) in [5, 5.41) is 14.6. The highest BCUT2D eigenvalue weighted by Crippen LogP contribution is 2.33. The number of ether oxygens (including phenoxy) is 1. The van der Waals surface area contributed by atoms with Crippen molar-refractivity contribution in [1.82, 2.24) is 4.98 Å². The number of rotatable bonds is 4. The van der Waals surface area contributed by atoms with Crippen LogP contribution in [0, 0.1) is 3.57 Å². The van der Waals surface area contributed by atoms with Gasteiger partial charge in [-0.15, -0.1) is 0 Å². The summed E-state index contributed by atoms with van der Waals surface area (Å²) < 4.78 is 7.26. The van der Waals surface area contributed by atoms with Crippen molar-refractivity contribution in [2.45, 2.75) is 0 Å². The fraction of sp³-hybridized carbons (Fsp3) is 0.0370. The van der Waals surface area contributed by atoms with Gasteiger partial charge in [-0.1, -0.05) is 46.3 Å². The Morgan fingerprint density at radius 3 is 2.45 bits per heavy atom. The van der Waals surface area contributed by atoms with E-state index in [2.05, 4.69) is 67.0 Å². The lowest BCUT2D eigenvalue weighted by Gasteiger charge is -2.10. The van der Waals surface area contributed by atoms with Crippen LogP contribution in [0.2, 0.25) is 0 Å². The molecule has 0 spiro atoms. The normalized spacial score (nSPS) is 10.4. The van der Waals surface area contributed by atoms with Crippen LogP contribution in [0.1, 0.15) is 0 Å². The number of phenols is 1. The standard InChI is InChI=1S/C20H16N2O.C7H6BrIO/c23-17-12-14(18-7-4-8-20-19(18)9-10-21-20)11-16(13-17)22-15-5-2-1-3-6-15;1-10-7-3-5(8)2-6(9)4-7/h1-13,21-23H;2-4H,1H3. The largest absolute Gasteiger partial charge is 0.508 e. The maximum Gasteiger partial charge on any atom is 0.121 e. The summed E-state index contributed by atoms with van der Waals surface area (Å²) in [6, 6.07) is 29.6. The molecular formula is C27H22BrIN2O2. The summed E-state index contributed by atoms with van der Waals surface area (Å²) >= 11 is 5.61. The van der Waals surface area contributed by atoms with Gasteiger partial charge in [0.15, 0.2) is 0 Å². The summed E-state index contributed by atoms with van der Waals surface area (Å²) in [6.45, 7) is 0. The number of halogens is 2. The topological polar surface area (TPSA) is 57.3 Å². The van der Waals surface area contributed by atoms with Crippen molar-refractivity contribution in [3.05, 3.63) is 105 Å². The molecule has 0 aliphatic heterocycles. The molecule has 0 saturated heterocycles. The first-order chi connectivity index (χ1) is 16.0. The predicted molar refractivity (Wildman–Crippen MR) is 149 cm³/mol. The van der Waals surface area contributed by atoms with E-state index in [1.54, 1.807) is 19.2 Å². The molecule has 0 radical (unpaired) electrons. The fourth-order valence-corrected chi connectivity index (χ4v) is 5.05. The lowest BCUT2D eigenvalue weighted by atomic mass is 10.0. The van der Waals surface area contributed by atoms with E-state index >= 15 is 0 Å². The van der Waals surface area contributed by atoms with E-state index in [0.717, 1.165) is 43.6 Å². The maximum atomic E-state index is 10.1. The number of aromatic nitrogens is 1. The zero-order valence-corrected chi connectivity index (χ0v) is 21.6. The van der Waals surface area contributed by atoms with Crippen LogP contribution < -0.4 is 10.1 Å². The molecule has 0 unspecified atom stereocenters. The summed E-state index contributed by atoms with van der Waals surface area (Å²) in [5.74, 6) is 1.13. The lowest BCUT2D eigenvalue weighted by molar-refractivity contribution is 0.414. The average Bonchev–Trinajstić information content (AvgIpc) is 3.28. The summed E-state index contributed by atoms with van der Waals surface area (Å²) in [6.07, 6.45) is 1.93. The van der Waals surface area contributed by atoms with Gasteiger partial charge < -0.3 is 20.1 Å². The Hall–Kier alpha value is -2.97. The summed E-state index contributed by atoms with van der Waals surface area (Å²) in [5.41, 5.74) is 5.01. The smallest absolute Gasteiger partial charge is 0.121 e. The first kappa shape index (κ1) is 23.2. The van der Waals surface area contributed by atoms with Crippen molar-refractivity contribution in [3.8, 4) is 22.6 Å². The molecule has 3 N–H and O–H groups in total. The Labute approximate surface area is 214 Å². The minimum Gasteiger partial charge on any atom is -0.508 e. The Morgan fingerprint density at radius 1 is 0.879 bits per heavy atom. The lowest BCUT2D eigenvalue weighted by Crippen LogP contribution is -1.90. The number of aromatic hydroxyl groups is 1. The number of hydrogen-bond donors (Lipinski definition) is 3. The molecule has 6 heteroatoms. The molecule has 33 heavy (non-hydrogen) atoms. The molecule has 5 aromatic rings. The molecule has 0 atom stereocenters. The number of benzene rings is 4. The van der Waals surface area contributed by atoms with Gasteiger partial charge in [0.2, 0.25) is 0 Å². The SMILES string of the molecule is COc1cc(Br)cc(I)c1.Oc1cc(Nc2ccccc2)cc(-c2cccc3[nH]ccc23)c1. The number of phenolic OH excluding ortho intramolecular Hbond substituents is 1. The highest BCUT2D eigenvalue weighted by atomic mass is 127. The van der Waals surface area contributed by atoms with Crippen molar-refractivity contribution in [2.24, 2.45) is 0 Å². The average molecular weight is 613 g/mol. The predicted octanol–water partition coefficient (Wildman–Crippen LogP) is 8.35. The van der Waals surface area contributed by atoms with E-state index in [1.165, 1.54) is 3.57 Å². The van der Waals surface area contributed by atoms with E-state index in [1.807, 2.05) is 66.9 Å². The number of methoxy groups -OCH3 is 1. The van der Waals surface area contributed by atoms with Crippen LogP contribution in [-0.4, -0.2) is 17.2 Å². The van der Waals surface area contributed by atoms with Gasteiger partial charge in [0.05, 0.1) is 7.11 Å². The molecular weight excluding hydrogens is 591 g/mol. The number of aromatic amines is 1. The van der Waals surface area contributed by atoms with E-state index in [4.69, 9.17) is 4.74 Å². The van der Waals surface area contributed by atoms with Gasteiger partial charge in [0.1, 0.15) is 11.5 Å². The van der Waals surface area contributed by atoms with Crippen molar-refractivity contribution in [1.29, 1.82) is 0 Å². The van der Waals surface area contributed by atoms with Gasteiger partial charge in [-0.25, -0.2) is 0 Å². The van der Waals surface area contributed by atoms with E-state index in [-0.39, 0.29) is 5.75 Å². The third-order valence-corrected chi connectivity index (χ3v) is 6.04. The fourth-order valence-electron chi connectivity index (χ4n) is 3.51. The summed E-state index contributed by atoms with van der Waals surface area (Å²) in [4.78, 5) is 3.22. The molecule has 0 fully saturated rings. The number of hydrogen-bond acceptors (Lipinski definition) is 3. The first-order valence-corrected chi connectivity index (χ1v) is 12.1. The van der Waals surface area contributed by atoms with Crippen LogP contribution in [0.15, 0.2) is 102 Å². The number of H-pyrrole nitrogens is 1. The number of fused-ring (bicyclic) bond motifs is 1. The monoisotopic (exact) mass is 612 g/mol. The first-order valence-electron chi connectivity index (χ1n) is 10.2. The van der Waals surface area contributed by atoms with Crippen molar-refractivity contribution in [2.75, 3.05) is 12.4 Å². The molecule has 0 bridgehead atoms. The van der Waals surface area contributed by atoms with Crippen LogP contribution >= 0.6 is 38.5 Å². The minimum absolute atomic E-state index is 0.244. The van der Waals surface area contributed by atoms with Crippen molar-refractivity contribution in [3.63, 3.8) is 0 Å². The Balaban J connectivity index is 0.000000219. The van der Waals surface area contributed by atoms with Gasteiger partial charge in [-0.2, -0.15) is 0 Å². The second-order valence-corrected chi connectivity index (χ2v) is 9.47. The van der Waals surface area contributed by atoms with Gasteiger partial charge in [-0.3, -0.25) is 0 Å². The maximum absolute atomic E-state index is 10.1. The van der Waals surface area contributed by atoms with Crippen molar-refractivity contribution < 1.29 is 9.84 Å². The van der Waals surface area contributed by atoms with Crippen LogP contribution in [-0.2, 0) is 0 Å². The van der Waals surface area contributed by atoms with Gasteiger partial charge in [0.25, 0.3) is 0 Å². The van der Waals surface area contributed by atoms with Gasteiger partial charge in [0, 0.05) is 42.6 Å². The third kappa shape index (κ3) is 6.09. The van der Waals surface area contributed by atoms with Crippen LogP contribution in [0.25, 0.3) is 22.0 Å². The van der Waals surface area contributed by atoms with Gasteiger partial charge in [-0.05, 0) is 88.3 Å². The molecule has 5 rings (SSSR count). The second-order valence-electron chi connectivity index (χ2n) is 7.31. The van der Waals surface area contributed by atoms with Crippen LogP contribution in [0.5, 0.6) is 11.5 Å². The molecule has 1 aromatic heterocycles. The second kappa shape index (κ2) is 10.8. The molecule has 0 saturated carbocycles. The van der Waals surface area contributed by atoms with Crippen LogP contribution in [0.3, 0.4) is 0 Å².